The van der Waals surface area contributed by atoms with Gasteiger partial charge in [0.1, 0.15) is 0 Å². The van der Waals surface area contributed by atoms with Crippen LogP contribution in [0.25, 0.3) is 0 Å². The van der Waals surface area contributed by atoms with Crippen molar-refractivity contribution in [3.8, 4) is 0 Å². The highest BCUT2D eigenvalue weighted by Crippen LogP contribution is 2.26. The summed E-state index contributed by atoms with van der Waals surface area (Å²) in [4.78, 5) is 19.9. The first-order valence-corrected chi connectivity index (χ1v) is 14.3. The van der Waals surface area contributed by atoms with Gasteiger partial charge in [-0.25, -0.2) is 0 Å². The van der Waals surface area contributed by atoms with E-state index in [9.17, 15) is 9.90 Å². The molecule has 2 N–H and O–H groups in total. The van der Waals surface area contributed by atoms with Crippen LogP contribution in [-0.2, 0) is 13.1 Å². The molecule has 0 spiro atoms. The SMILES string of the molecule is CCN(CCN(C)Cc1ccc(Cl)cc1)[C@@H]1CN(C(=O)c2ccc(Cl)cc2NCc2ccc(Cl)cc2)C[C@H]1O. The molecule has 4 rings (SSSR count). The van der Waals surface area contributed by atoms with Crippen LogP contribution in [0.4, 0.5) is 5.69 Å². The summed E-state index contributed by atoms with van der Waals surface area (Å²) in [5.41, 5.74) is 3.43. The van der Waals surface area contributed by atoms with Crippen LogP contribution in [0.15, 0.2) is 66.7 Å². The number of nitrogens with one attached hydrogen (secondary N) is 1. The average Bonchev–Trinajstić information content (AvgIpc) is 3.31. The van der Waals surface area contributed by atoms with Crippen molar-refractivity contribution in [3.05, 3.63) is 98.5 Å². The normalized spacial score (nSPS) is 17.3. The number of benzene rings is 3. The number of hydrogen-bond donors (Lipinski definition) is 2. The highest BCUT2D eigenvalue weighted by atomic mass is 35.5. The molecule has 0 radical (unpaired) electrons. The highest BCUT2D eigenvalue weighted by Gasteiger charge is 2.38. The molecule has 1 amide bonds. The second-order valence-electron chi connectivity index (χ2n) is 10.0. The van der Waals surface area contributed by atoms with Gasteiger partial charge >= 0.3 is 0 Å². The maximum Gasteiger partial charge on any atom is 0.256 e. The molecule has 39 heavy (non-hydrogen) atoms. The molecule has 9 heteroatoms. The van der Waals surface area contributed by atoms with E-state index >= 15 is 0 Å². The van der Waals surface area contributed by atoms with Gasteiger partial charge in [-0.05, 0) is 67.2 Å². The fourth-order valence-corrected chi connectivity index (χ4v) is 5.38. The maximum atomic E-state index is 13.6. The van der Waals surface area contributed by atoms with E-state index in [2.05, 4.69) is 29.1 Å². The van der Waals surface area contributed by atoms with Gasteiger partial charge < -0.3 is 20.2 Å². The van der Waals surface area contributed by atoms with Crippen molar-refractivity contribution in [1.29, 1.82) is 0 Å². The number of halogens is 3. The van der Waals surface area contributed by atoms with Crippen molar-refractivity contribution in [3.63, 3.8) is 0 Å². The van der Waals surface area contributed by atoms with Crippen molar-refractivity contribution < 1.29 is 9.90 Å². The van der Waals surface area contributed by atoms with E-state index in [0.717, 1.165) is 36.8 Å². The van der Waals surface area contributed by atoms with Crippen LogP contribution in [0.1, 0.15) is 28.4 Å². The van der Waals surface area contributed by atoms with Gasteiger partial charge in [0.05, 0.1) is 17.7 Å². The number of aliphatic hydroxyl groups excluding tert-OH is 1. The lowest BCUT2D eigenvalue weighted by Gasteiger charge is -2.31. The molecule has 2 atom stereocenters. The standard InChI is InChI=1S/C30H35Cl3N4O2/c1-3-36(15-14-35(2)18-22-6-10-24(32)11-7-22)28-19-37(20-29(28)38)30(39)26-13-12-25(33)16-27(26)34-17-21-4-8-23(31)9-5-21/h4-13,16,28-29,34,38H,3,14-15,17-20H2,1-2H3/t28-,29-/m1/s1. The van der Waals surface area contributed by atoms with Crippen molar-refractivity contribution in [2.75, 3.05) is 45.1 Å². The van der Waals surface area contributed by atoms with E-state index in [-0.39, 0.29) is 11.9 Å². The zero-order valence-electron chi connectivity index (χ0n) is 22.3. The third-order valence-electron chi connectivity index (χ3n) is 7.16. The predicted octanol–water partition coefficient (Wildman–Crippen LogP) is 5.90. The number of β-amino-alcohol motifs (C(OH)–C–C–N with tert-alkyl or cyclic N) is 1. The number of rotatable bonds is 11. The van der Waals surface area contributed by atoms with Crippen LogP contribution in [0.3, 0.4) is 0 Å². The molecular weight excluding hydrogens is 555 g/mol. The van der Waals surface area contributed by atoms with E-state index in [1.807, 2.05) is 48.5 Å². The van der Waals surface area contributed by atoms with Gasteiger partial charge in [0.2, 0.25) is 0 Å². The zero-order valence-corrected chi connectivity index (χ0v) is 24.6. The van der Waals surface area contributed by atoms with Crippen LogP contribution in [0.5, 0.6) is 0 Å². The largest absolute Gasteiger partial charge is 0.390 e. The van der Waals surface area contributed by atoms with Crippen LogP contribution in [-0.4, -0.2) is 77.6 Å². The molecule has 1 aliphatic heterocycles. The van der Waals surface area contributed by atoms with E-state index in [4.69, 9.17) is 34.8 Å². The second kappa shape index (κ2) is 13.8. The molecule has 0 aromatic heterocycles. The van der Waals surface area contributed by atoms with Crippen molar-refractivity contribution in [1.82, 2.24) is 14.7 Å². The Bertz CT molecular complexity index is 1240. The van der Waals surface area contributed by atoms with Crippen LogP contribution >= 0.6 is 34.8 Å². The minimum Gasteiger partial charge on any atom is -0.390 e. The lowest BCUT2D eigenvalue weighted by Crippen LogP contribution is -2.46. The smallest absolute Gasteiger partial charge is 0.256 e. The highest BCUT2D eigenvalue weighted by molar-refractivity contribution is 6.31. The summed E-state index contributed by atoms with van der Waals surface area (Å²) in [5.74, 6) is -0.122. The molecule has 0 bridgehead atoms. The van der Waals surface area contributed by atoms with Gasteiger partial charge in [0.25, 0.3) is 5.91 Å². The summed E-state index contributed by atoms with van der Waals surface area (Å²) in [6.07, 6.45) is -0.617. The third kappa shape index (κ3) is 8.10. The molecule has 3 aromatic carbocycles. The van der Waals surface area contributed by atoms with Gasteiger partial charge in [-0.2, -0.15) is 0 Å². The van der Waals surface area contributed by atoms with Crippen molar-refractivity contribution in [2.45, 2.75) is 32.2 Å². The number of nitrogens with zero attached hydrogens (tertiary/aromatic N) is 3. The van der Waals surface area contributed by atoms with Crippen molar-refractivity contribution in [2.24, 2.45) is 0 Å². The molecule has 1 saturated heterocycles. The number of likely N-dealkylation sites (tertiary alicyclic amines) is 1. The molecule has 0 unspecified atom stereocenters. The lowest BCUT2D eigenvalue weighted by atomic mass is 10.1. The number of hydrogen-bond acceptors (Lipinski definition) is 5. The molecule has 0 aliphatic carbocycles. The van der Waals surface area contributed by atoms with Gasteiger partial charge in [-0.15, -0.1) is 0 Å². The lowest BCUT2D eigenvalue weighted by molar-refractivity contribution is 0.0756. The first-order valence-electron chi connectivity index (χ1n) is 13.2. The molecule has 3 aromatic rings. The maximum absolute atomic E-state index is 13.6. The van der Waals surface area contributed by atoms with Crippen LogP contribution in [0, 0.1) is 0 Å². The number of carbonyl (C=O) groups excluding carboxylic acids is 1. The number of carbonyl (C=O) groups is 1. The summed E-state index contributed by atoms with van der Waals surface area (Å²) in [6.45, 7) is 6.60. The Kier molecular flexibility index (Phi) is 10.5. The number of aliphatic hydroxyl groups is 1. The Morgan fingerprint density at radius 1 is 0.923 bits per heavy atom. The van der Waals surface area contributed by atoms with Crippen LogP contribution < -0.4 is 5.32 Å². The Hall–Kier alpha value is -2.32. The van der Waals surface area contributed by atoms with Gasteiger partial charge in [0, 0.05) is 60.0 Å². The van der Waals surface area contributed by atoms with E-state index in [1.165, 1.54) is 5.56 Å². The van der Waals surface area contributed by atoms with Gasteiger partial charge in [0.15, 0.2) is 0 Å². The predicted molar refractivity (Wildman–Crippen MR) is 161 cm³/mol. The molecule has 6 nitrogen and oxygen atoms in total. The Morgan fingerprint density at radius 3 is 2.18 bits per heavy atom. The average molecular weight is 590 g/mol. The van der Waals surface area contributed by atoms with Gasteiger partial charge in [-0.1, -0.05) is 66.0 Å². The molecular formula is C30H35Cl3N4O2. The summed E-state index contributed by atoms with van der Waals surface area (Å²) in [7, 11) is 2.09. The van der Waals surface area contributed by atoms with E-state index in [0.29, 0.717) is 40.9 Å². The Labute approximate surface area is 246 Å². The van der Waals surface area contributed by atoms with E-state index in [1.54, 1.807) is 23.1 Å². The quantitative estimate of drug-likeness (QED) is 0.292. The number of likely N-dealkylation sites (N-methyl/N-ethyl adjacent to an activating group) is 2. The first-order chi connectivity index (χ1) is 18.7. The Morgan fingerprint density at radius 2 is 1.54 bits per heavy atom. The number of anilines is 1. The minimum atomic E-state index is -0.617. The fourth-order valence-electron chi connectivity index (χ4n) is 4.95. The second-order valence-corrected chi connectivity index (χ2v) is 11.3. The summed E-state index contributed by atoms with van der Waals surface area (Å²) >= 11 is 18.3. The summed E-state index contributed by atoms with van der Waals surface area (Å²) in [6, 6.07) is 20.6. The first kappa shape index (κ1) is 29.7. The molecule has 1 heterocycles. The molecule has 0 saturated carbocycles. The third-order valence-corrected chi connectivity index (χ3v) is 7.90. The zero-order chi connectivity index (χ0) is 27.9. The Balaban J connectivity index is 1.37. The van der Waals surface area contributed by atoms with E-state index < -0.39 is 6.10 Å². The minimum absolute atomic E-state index is 0.122. The van der Waals surface area contributed by atoms with Crippen molar-refractivity contribution >= 4 is 46.4 Å². The topological polar surface area (TPSA) is 59.0 Å². The summed E-state index contributed by atoms with van der Waals surface area (Å²) in [5, 5.41) is 16.3. The fraction of sp³-hybridized carbons (Fsp3) is 0.367. The molecule has 208 valence electrons. The number of amides is 1. The summed E-state index contributed by atoms with van der Waals surface area (Å²) < 4.78 is 0. The molecule has 1 aliphatic rings. The van der Waals surface area contributed by atoms with Crippen LogP contribution in [0.2, 0.25) is 15.1 Å². The van der Waals surface area contributed by atoms with Gasteiger partial charge in [-0.3, -0.25) is 9.69 Å². The molecule has 1 fully saturated rings. The monoisotopic (exact) mass is 588 g/mol.